The van der Waals surface area contributed by atoms with Gasteiger partial charge >= 0.3 is 6.18 Å². The minimum atomic E-state index is -4.58. The van der Waals surface area contributed by atoms with Gasteiger partial charge in [-0.3, -0.25) is 4.79 Å². The number of hydrogen-bond acceptors (Lipinski definition) is 3. The first-order valence-corrected chi connectivity index (χ1v) is 10.4. The topological polar surface area (TPSA) is 46.5 Å². The average molecular weight is 388 g/mol. The Labute approximate surface area is 159 Å². The van der Waals surface area contributed by atoms with E-state index < -0.39 is 11.8 Å². The van der Waals surface area contributed by atoms with E-state index in [1.54, 1.807) is 7.11 Å². The van der Waals surface area contributed by atoms with Crippen molar-refractivity contribution in [3.63, 3.8) is 0 Å². The highest BCUT2D eigenvalue weighted by molar-refractivity contribution is 5.87. The molecule has 0 spiro atoms. The molecule has 154 valence electrons. The minimum Gasteiger partial charge on any atom is -0.384 e. The van der Waals surface area contributed by atoms with Crippen molar-refractivity contribution < 1.29 is 27.8 Å². The summed E-state index contributed by atoms with van der Waals surface area (Å²) < 4.78 is 46.0. The van der Waals surface area contributed by atoms with Crippen molar-refractivity contribution in [2.24, 2.45) is 34.5 Å². The average Bonchev–Trinajstić information content (AvgIpc) is 2.90. The largest absolute Gasteiger partial charge is 0.417 e. The maximum absolute atomic E-state index is 13.5. The van der Waals surface area contributed by atoms with Crippen LogP contribution in [0, 0.1) is 34.5 Å². The summed E-state index contributed by atoms with van der Waals surface area (Å²) in [7, 11) is 1.63. The zero-order chi connectivity index (χ0) is 19.7. The fourth-order valence-electron chi connectivity index (χ4n) is 7.63. The van der Waals surface area contributed by atoms with E-state index in [1.807, 2.05) is 0 Å². The maximum Gasteiger partial charge on any atom is 0.417 e. The molecule has 0 saturated heterocycles. The molecule has 0 aliphatic heterocycles. The van der Waals surface area contributed by atoms with Crippen LogP contribution >= 0.6 is 0 Å². The van der Waals surface area contributed by atoms with Crippen LogP contribution in [0.15, 0.2) is 0 Å². The smallest absolute Gasteiger partial charge is 0.384 e. The molecule has 4 saturated carbocycles. The van der Waals surface area contributed by atoms with Gasteiger partial charge in [0.1, 0.15) is 5.78 Å². The monoisotopic (exact) mass is 388 g/mol. The Morgan fingerprint density at radius 3 is 2.52 bits per heavy atom. The van der Waals surface area contributed by atoms with Gasteiger partial charge in [-0.1, -0.05) is 6.92 Å². The van der Waals surface area contributed by atoms with Crippen LogP contribution in [-0.2, 0) is 9.53 Å². The van der Waals surface area contributed by atoms with Gasteiger partial charge in [-0.05, 0) is 80.5 Å². The lowest BCUT2D eigenvalue weighted by molar-refractivity contribution is -0.293. The van der Waals surface area contributed by atoms with E-state index in [-0.39, 0.29) is 29.6 Å². The highest BCUT2D eigenvalue weighted by Gasteiger charge is 2.66. The maximum atomic E-state index is 13.5. The SMILES string of the molecule is COCC12CCC(O)(C(F)(F)F)CC1CCC1C3CCC(=O)C3(C)CCC12. The molecule has 0 aromatic carbocycles. The Hall–Kier alpha value is -0.620. The molecule has 0 bridgehead atoms. The quantitative estimate of drug-likeness (QED) is 0.757. The molecule has 0 aromatic heterocycles. The van der Waals surface area contributed by atoms with Crippen molar-refractivity contribution in [2.45, 2.75) is 76.5 Å². The van der Waals surface area contributed by atoms with Gasteiger partial charge in [0.15, 0.2) is 5.60 Å². The summed E-state index contributed by atoms with van der Waals surface area (Å²) in [6.07, 6.45) is 0.241. The number of aliphatic hydroxyl groups is 1. The predicted octanol–water partition coefficient (Wildman–Crippen LogP) is 4.52. The van der Waals surface area contributed by atoms with E-state index in [4.69, 9.17) is 4.74 Å². The molecular weight excluding hydrogens is 357 g/mol. The zero-order valence-electron chi connectivity index (χ0n) is 16.3. The molecule has 0 heterocycles. The summed E-state index contributed by atoms with van der Waals surface area (Å²) in [6.45, 7) is 2.58. The lowest BCUT2D eigenvalue weighted by atomic mass is 9.44. The summed E-state index contributed by atoms with van der Waals surface area (Å²) >= 11 is 0. The van der Waals surface area contributed by atoms with Crippen LogP contribution in [0.3, 0.4) is 0 Å². The fraction of sp³-hybridized carbons (Fsp3) is 0.952. The van der Waals surface area contributed by atoms with Crippen LogP contribution in [0.2, 0.25) is 0 Å². The van der Waals surface area contributed by atoms with Crippen molar-refractivity contribution in [3.8, 4) is 0 Å². The van der Waals surface area contributed by atoms with Crippen LogP contribution in [-0.4, -0.2) is 36.4 Å². The van der Waals surface area contributed by atoms with Gasteiger partial charge in [-0.2, -0.15) is 13.2 Å². The van der Waals surface area contributed by atoms with E-state index in [1.165, 1.54) is 0 Å². The van der Waals surface area contributed by atoms with Crippen molar-refractivity contribution in [3.05, 3.63) is 0 Å². The van der Waals surface area contributed by atoms with Gasteiger partial charge in [-0.25, -0.2) is 0 Å². The summed E-state index contributed by atoms with van der Waals surface area (Å²) in [6, 6.07) is 0. The van der Waals surface area contributed by atoms with Gasteiger partial charge in [0.2, 0.25) is 0 Å². The summed E-state index contributed by atoms with van der Waals surface area (Å²) in [5, 5.41) is 10.3. The number of fused-ring (bicyclic) bond motifs is 5. The Morgan fingerprint density at radius 2 is 1.85 bits per heavy atom. The third kappa shape index (κ3) is 2.65. The molecule has 6 heteroatoms. The van der Waals surface area contributed by atoms with Gasteiger partial charge in [0.25, 0.3) is 0 Å². The third-order valence-corrected chi connectivity index (χ3v) is 9.07. The lowest BCUT2D eigenvalue weighted by Crippen LogP contribution is -2.61. The second kappa shape index (κ2) is 6.19. The second-order valence-electron chi connectivity index (χ2n) is 9.97. The lowest BCUT2D eigenvalue weighted by Gasteiger charge is -2.62. The molecule has 27 heavy (non-hydrogen) atoms. The Kier molecular flexibility index (Phi) is 4.51. The molecule has 4 aliphatic carbocycles. The Balaban J connectivity index is 1.65. The number of halogens is 3. The molecular formula is C21H31F3O3. The van der Waals surface area contributed by atoms with Crippen LogP contribution in [0.25, 0.3) is 0 Å². The molecule has 1 N–H and O–H groups in total. The molecule has 4 rings (SSSR count). The number of carbonyl (C=O) groups is 1. The number of alkyl halides is 3. The number of Topliss-reactive ketones (excluding diaryl/α,β-unsaturated/α-hetero) is 1. The zero-order valence-corrected chi connectivity index (χ0v) is 16.3. The molecule has 7 unspecified atom stereocenters. The van der Waals surface area contributed by atoms with E-state index in [2.05, 4.69) is 6.92 Å². The van der Waals surface area contributed by atoms with Gasteiger partial charge in [-0.15, -0.1) is 0 Å². The standard InChI is InChI=1S/C21H31F3O3/c1-18-8-7-16-14(15(18)5-6-17(18)25)4-3-13-11-20(26,21(22,23)24)10-9-19(13,16)12-27-2/h13-16,26H,3-12H2,1-2H3. The number of ether oxygens (including phenoxy) is 1. The number of hydrogen-bond donors (Lipinski definition) is 1. The van der Waals surface area contributed by atoms with Gasteiger partial charge in [0.05, 0.1) is 6.61 Å². The van der Waals surface area contributed by atoms with E-state index in [9.17, 15) is 23.1 Å². The molecule has 0 aromatic rings. The van der Waals surface area contributed by atoms with Crippen LogP contribution in [0.4, 0.5) is 13.2 Å². The normalized spacial score (nSPS) is 50.1. The Morgan fingerprint density at radius 1 is 1.11 bits per heavy atom. The number of methoxy groups -OCH3 is 1. The summed E-state index contributed by atoms with van der Waals surface area (Å²) in [5.74, 6) is 1.28. The Bertz CT molecular complexity index is 620. The molecule has 3 nitrogen and oxygen atoms in total. The number of ketones is 1. The first-order valence-electron chi connectivity index (χ1n) is 10.4. The molecule has 4 fully saturated rings. The van der Waals surface area contributed by atoms with E-state index in [0.717, 1.165) is 25.7 Å². The van der Waals surface area contributed by atoms with Crippen LogP contribution < -0.4 is 0 Å². The second-order valence-corrected chi connectivity index (χ2v) is 9.97. The summed E-state index contributed by atoms with van der Waals surface area (Å²) in [5.41, 5.74) is -3.08. The predicted molar refractivity (Wildman–Crippen MR) is 93.9 cm³/mol. The third-order valence-electron chi connectivity index (χ3n) is 9.07. The molecule has 7 atom stereocenters. The number of carbonyl (C=O) groups excluding carboxylic acids is 1. The van der Waals surface area contributed by atoms with E-state index >= 15 is 0 Å². The highest BCUT2D eigenvalue weighted by atomic mass is 19.4. The first kappa shape index (κ1) is 19.7. The van der Waals surface area contributed by atoms with Gasteiger partial charge < -0.3 is 9.84 Å². The van der Waals surface area contributed by atoms with Crippen molar-refractivity contribution in [1.29, 1.82) is 0 Å². The van der Waals surface area contributed by atoms with Crippen molar-refractivity contribution in [1.82, 2.24) is 0 Å². The van der Waals surface area contributed by atoms with Crippen molar-refractivity contribution in [2.75, 3.05) is 13.7 Å². The number of rotatable bonds is 2. The van der Waals surface area contributed by atoms with E-state index in [0.29, 0.717) is 49.4 Å². The molecule has 0 amide bonds. The van der Waals surface area contributed by atoms with Crippen LogP contribution in [0.5, 0.6) is 0 Å². The first-order chi connectivity index (χ1) is 12.6. The van der Waals surface area contributed by atoms with Gasteiger partial charge in [0, 0.05) is 18.9 Å². The minimum absolute atomic E-state index is 0.166. The molecule has 4 aliphatic rings. The summed E-state index contributed by atoms with van der Waals surface area (Å²) in [4.78, 5) is 12.5. The fourth-order valence-corrected chi connectivity index (χ4v) is 7.63. The van der Waals surface area contributed by atoms with Crippen LogP contribution in [0.1, 0.15) is 64.7 Å². The highest BCUT2D eigenvalue weighted by Crippen LogP contribution is 2.67. The molecule has 0 radical (unpaired) electrons. The van der Waals surface area contributed by atoms with Crippen molar-refractivity contribution >= 4 is 5.78 Å².